The quantitative estimate of drug-likeness (QED) is 0.878. The molecule has 1 aromatic carbocycles. The van der Waals surface area contributed by atoms with Crippen LogP contribution in [0.3, 0.4) is 0 Å². The molecule has 0 saturated carbocycles. The molecule has 1 aromatic rings. The normalized spacial score (nSPS) is 17.8. The zero-order valence-electron chi connectivity index (χ0n) is 13.5. The molecular weight excluding hydrogens is 276 g/mol. The highest BCUT2D eigenvalue weighted by Crippen LogP contribution is 2.21. The van der Waals surface area contributed by atoms with Crippen LogP contribution in [0.2, 0.25) is 0 Å². The Labute approximate surface area is 132 Å². The van der Waals surface area contributed by atoms with Crippen molar-refractivity contribution in [2.24, 2.45) is 11.8 Å². The standard InChI is InChI=1S/C18H26N2O2/c1-14(2)10-18(22)20-9-8-16(13-20)11-17(21)19-12-15-6-4-3-5-7-15/h3-7,14,16H,8-13H2,1-2H3,(H,19,21)/t16-/m1/s1. The van der Waals surface area contributed by atoms with E-state index in [1.807, 2.05) is 35.2 Å². The van der Waals surface area contributed by atoms with Crippen molar-refractivity contribution in [3.8, 4) is 0 Å². The summed E-state index contributed by atoms with van der Waals surface area (Å²) >= 11 is 0. The fourth-order valence-electron chi connectivity index (χ4n) is 2.83. The smallest absolute Gasteiger partial charge is 0.222 e. The van der Waals surface area contributed by atoms with Crippen molar-refractivity contribution in [2.75, 3.05) is 13.1 Å². The zero-order valence-corrected chi connectivity index (χ0v) is 13.5. The van der Waals surface area contributed by atoms with E-state index in [1.54, 1.807) is 0 Å². The second-order valence-corrected chi connectivity index (χ2v) is 6.56. The van der Waals surface area contributed by atoms with E-state index in [1.165, 1.54) is 0 Å². The summed E-state index contributed by atoms with van der Waals surface area (Å²) in [6, 6.07) is 9.91. The van der Waals surface area contributed by atoms with Crippen molar-refractivity contribution >= 4 is 11.8 Å². The van der Waals surface area contributed by atoms with Crippen LogP contribution in [0.15, 0.2) is 30.3 Å². The Hall–Kier alpha value is -1.84. The fraction of sp³-hybridized carbons (Fsp3) is 0.556. The number of amides is 2. The van der Waals surface area contributed by atoms with Gasteiger partial charge in [0.2, 0.25) is 11.8 Å². The Bertz CT molecular complexity index is 499. The first-order chi connectivity index (χ1) is 10.5. The second kappa shape index (κ2) is 7.97. The van der Waals surface area contributed by atoms with Gasteiger partial charge in [0, 0.05) is 32.5 Å². The summed E-state index contributed by atoms with van der Waals surface area (Å²) < 4.78 is 0. The van der Waals surface area contributed by atoms with Gasteiger partial charge in [0.25, 0.3) is 0 Å². The molecule has 0 spiro atoms. The minimum atomic E-state index is 0.0759. The third-order valence-corrected chi connectivity index (χ3v) is 4.03. The molecule has 1 saturated heterocycles. The van der Waals surface area contributed by atoms with Crippen LogP contribution in [0, 0.1) is 11.8 Å². The van der Waals surface area contributed by atoms with Crippen LogP contribution in [-0.4, -0.2) is 29.8 Å². The van der Waals surface area contributed by atoms with E-state index >= 15 is 0 Å². The van der Waals surface area contributed by atoms with Gasteiger partial charge in [-0.15, -0.1) is 0 Å². The van der Waals surface area contributed by atoms with E-state index in [9.17, 15) is 9.59 Å². The molecule has 1 aliphatic heterocycles. The van der Waals surface area contributed by atoms with E-state index in [2.05, 4.69) is 19.2 Å². The van der Waals surface area contributed by atoms with Crippen molar-refractivity contribution in [1.82, 2.24) is 10.2 Å². The zero-order chi connectivity index (χ0) is 15.9. The van der Waals surface area contributed by atoms with Gasteiger partial charge in [-0.05, 0) is 23.8 Å². The lowest BCUT2D eigenvalue weighted by Gasteiger charge is -2.17. The average Bonchev–Trinajstić information content (AvgIpc) is 2.94. The van der Waals surface area contributed by atoms with E-state index in [-0.39, 0.29) is 11.8 Å². The van der Waals surface area contributed by atoms with E-state index < -0.39 is 0 Å². The van der Waals surface area contributed by atoms with Crippen LogP contribution >= 0.6 is 0 Å². The summed E-state index contributed by atoms with van der Waals surface area (Å²) in [5, 5.41) is 2.96. The first kappa shape index (κ1) is 16.5. The number of benzene rings is 1. The Morgan fingerprint density at radius 2 is 2.00 bits per heavy atom. The van der Waals surface area contributed by atoms with Crippen molar-refractivity contribution < 1.29 is 9.59 Å². The van der Waals surface area contributed by atoms with E-state index in [0.29, 0.717) is 31.2 Å². The Morgan fingerprint density at radius 1 is 1.27 bits per heavy atom. The molecule has 2 amide bonds. The van der Waals surface area contributed by atoms with Gasteiger partial charge in [-0.3, -0.25) is 9.59 Å². The fourth-order valence-corrected chi connectivity index (χ4v) is 2.83. The van der Waals surface area contributed by atoms with Crippen LogP contribution in [0.5, 0.6) is 0 Å². The minimum absolute atomic E-state index is 0.0759. The largest absolute Gasteiger partial charge is 0.352 e. The van der Waals surface area contributed by atoms with E-state index in [0.717, 1.165) is 25.1 Å². The molecule has 0 aliphatic carbocycles. The lowest BCUT2D eigenvalue weighted by molar-refractivity contribution is -0.131. The predicted octanol–water partition coefficient (Wildman–Crippen LogP) is 2.59. The van der Waals surface area contributed by atoms with Gasteiger partial charge in [-0.2, -0.15) is 0 Å². The van der Waals surface area contributed by atoms with Crippen molar-refractivity contribution in [2.45, 2.75) is 39.7 Å². The highest BCUT2D eigenvalue weighted by Gasteiger charge is 2.27. The lowest BCUT2D eigenvalue weighted by atomic mass is 10.0. The molecule has 1 heterocycles. The molecule has 0 unspecified atom stereocenters. The highest BCUT2D eigenvalue weighted by molar-refractivity contribution is 5.78. The van der Waals surface area contributed by atoms with Crippen molar-refractivity contribution in [3.63, 3.8) is 0 Å². The summed E-state index contributed by atoms with van der Waals surface area (Å²) in [5.74, 6) is 0.988. The molecule has 1 aliphatic rings. The summed E-state index contributed by atoms with van der Waals surface area (Å²) in [6.07, 6.45) is 2.05. The molecule has 22 heavy (non-hydrogen) atoms. The topological polar surface area (TPSA) is 49.4 Å². The number of hydrogen-bond acceptors (Lipinski definition) is 2. The number of carbonyl (C=O) groups is 2. The summed E-state index contributed by atoms with van der Waals surface area (Å²) in [5.41, 5.74) is 1.11. The van der Waals surface area contributed by atoms with Crippen LogP contribution in [0.25, 0.3) is 0 Å². The molecule has 120 valence electrons. The van der Waals surface area contributed by atoms with Crippen LogP contribution in [0.4, 0.5) is 0 Å². The number of nitrogens with one attached hydrogen (secondary N) is 1. The van der Waals surface area contributed by atoms with Crippen molar-refractivity contribution in [1.29, 1.82) is 0 Å². The maximum atomic E-state index is 12.0. The molecule has 1 N–H and O–H groups in total. The van der Waals surface area contributed by atoms with Crippen molar-refractivity contribution in [3.05, 3.63) is 35.9 Å². The summed E-state index contributed by atoms with van der Waals surface area (Å²) in [7, 11) is 0. The number of rotatable bonds is 6. The molecule has 1 fully saturated rings. The predicted molar refractivity (Wildman–Crippen MR) is 87.0 cm³/mol. The molecule has 0 bridgehead atoms. The Kier molecular flexibility index (Phi) is 5.99. The Balaban J connectivity index is 1.71. The molecule has 4 nitrogen and oxygen atoms in total. The van der Waals surface area contributed by atoms with Gasteiger partial charge in [0.05, 0.1) is 0 Å². The second-order valence-electron chi connectivity index (χ2n) is 6.56. The van der Waals surface area contributed by atoms with Crippen LogP contribution < -0.4 is 5.32 Å². The number of carbonyl (C=O) groups excluding carboxylic acids is 2. The molecule has 2 rings (SSSR count). The van der Waals surface area contributed by atoms with Gasteiger partial charge in [0.15, 0.2) is 0 Å². The van der Waals surface area contributed by atoms with Crippen LogP contribution in [0.1, 0.15) is 38.7 Å². The maximum Gasteiger partial charge on any atom is 0.222 e. The van der Waals surface area contributed by atoms with Gasteiger partial charge < -0.3 is 10.2 Å². The molecular formula is C18H26N2O2. The van der Waals surface area contributed by atoms with Gasteiger partial charge >= 0.3 is 0 Å². The summed E-state index contributed by atoms with van der Waals surface area (Å²) in [4.78, 5) is 25.9. The minimum Gasteiger partial charge on any atom is -0.352 e. The van der Waals surface area contributed by atoms with Crippen LogP contribution in [-0.2, 0) is 16.1 Å². The molecule has 0 radical (unpaired) electrons. The maximum absolute atomic E-state index is 12.0. The van der Waals surface area contributed by atoms with Gasteiger partial charge in [-0.1, -0.05) is 44.2 Å². The first-order valence-electron chi connectivity index (χ1n) is 8.13. The molecule has 0 aromatic heterocycles. The van der Waals surface area contributed by atoms with Gasteiger partial charge in [0.1, 0.15) is 0 Å². The van der Waals surface area contributed by atoms with E-state index in [4.69, 9.17) is 0 Å². The number of hydrogen-bond donors (Lipinski definition) is 1. The monoisotopic (exact) mass is 302 g/mol. The summed E-state index contributed by atoms with van der Waals surface area (Å²) in [6.45, 7) is 6.21. The third-order valence-electron chi connectivity index (χ3n) is 4.03. The molecule has 4 heteroatoms. The lowest BCUT2D eigenvalue weighted by Crippen LogP contribution is -2.31. The Morgan fingerprint density at radius 3 is 2.68 bits per heavy atom. The van der Waals surface area contributed by atoms with Gasteiger partial charge in [-0.25, -0.2) is 0 Å². The molecule has 1 atom stereocenters. The SMILES string of the molecule is CC(C)CC(=O)N1CC[C@H](CC(=O)NCc2ccccc2)C1. The number of likely N-dealkylation sites (tertiary alicyclic amines) is 1. The highest BCUT2D eigenvalue weighted by atomic mass is 16.2. The average molecular weight is 302 g/mol. The first-order valence-corrected chi connectivity index (χ1v) is 8.13. The number of nitrogens with zero attached hydrogens (tertiary/aromatic N) is 1. The third kappa shape index (κ3) is 5.17.